The van der Waals surface area contributed by atoms with E-state index in [4.69, 9.17) is 5.11 Å². The predicted octanol–water partition coefficient (Wildman–Crippen LogP) is 0.524. The standard InChI is InChI=1S/C12H20N2O4/c1-3-4-5-6-13(2)12(18)14-8-9(15)7-10(14)11(16)17/h3,9-10,15H,1,4-8H2,2H3,(H,16,17)/t9?,10-/m0/s1. The Labute approximate surface area is 106 Å². The molecule has 0 radical (unpaired) electrons. The monoisotopic (exact) mass is 256 g/mol. The Morgan fingerprint density at radius 1 is 1.56 bits per heavy atom. The van der Waals surface area contributed by atoms with Crippen LogP contribution in [0.25, 0.3) is 0 Å². The fourth-order valence-electron chi connectivity index (χ4n) is 2.05. The van der Waals surface area contributed by atoms with Gasteiger partial charge in [-0.15, -0.1) is 6.58 Å². The molecule has 1 unspecified atom stereocenters. The zero-order valence-electron chi connectivity index (χ0n) is 10.6. The van der Waals surface area contributed by atoms with E-state index in [-0.39, 0.29) is 19.0 Å². The maximum atomic E-state index is 12.1. The van der Waals surface area contributed by atoms with Crippen LogP contribution in [0.15, 0.2) is 12.7 Å². The van der Waals surface area contributed by atoms with E-state index >= 15 is 0 Å². The first-order valence-electron chi connectivity index (χ1n) is 6.01. The third-order valence-corrected chi connectivity index (χ3v) is 3.04. The molecule has 0 aromatic carbocycles. The van der Waals surface area contributed by atoms with Gasteiger partial charge >= 0.3 is 12.0 Å². The maximum absolute atomic E-state index is 12.1. The highest BCUT2D eigenvalue weighted by Crippen LogP contribution is 2.19. The summed E-state index contributed by atoms with van der Waals surface area (Å²) >= 11 is 0. The van der Waals surface area contributed by atoms with Gasteiger partial charge < -0.3 is 20.0 Å². The van der Waals surface area contributed by atoms with Crippen LogP contribution >= 0.6 is 0 Å². The third-order valence-electron chi connectivity index (χ3n) is 3.04. The molecule has 2 atom stereocenters. The Balaban J connectivity index is 2.58. The summed E-state index contributed by atoms with van der Waals surface area (Å²) in [5.41, 5.74) is 0. The van der Waals surface area contributed by atoms with Gasteiger partial charge in [0.1, 0.15) is 6.04 Å². The second-order valence-corrected chi connectivity index (χ2v) is 4.53. The molecule has 2 amide bonds. The van der Waals surface area contributed by atoms with Gasteiger partial charge in [0.25, 0.3) is 0 Å². The molecule has 6 nitrogen and oxygen atoms in total. The molecule has 1 aliphatic heterocycles. The molecule has 1 heterocycles. The number of carbonyl (C=O) groups is 2. The Bertz CT molecular complexity index is 332. The van der Waals surface area contributed by atoms with Crippen molar-refractivity contribution in [1.29, 1.82) is 0 Å². The van der Waals surface area contributed by atoms with E-state index in [2.05, 4.69) is 6.58 Å². The number of rotatable bonds is 5. The lowest BCUT2D eigenvalue weighted by Crippen LogP contribution is -2.47. The summed E-state index contributed by atoms with van der Waals surface area (Å²) in [6.45, 7) is 4.23. The molecular formula is C12H20N2O4. The number of carboxylic acid groups (broad SMARTS) is 1. The van der Waals surface area contributed by atoms with E-state index in [0.29, 0.717) is 6.54 Å². The lowest BCUT2D eigenvalue weighted by Gasteiger charge is -2.27. The first kappa shape index (κ1) is 14.5. The van der Waals surface area contributed by atoms with Gasteiger partial charge in [0.05, 0.1) is 6.10 Å². The lowest BCUT2D eigenvalue weighted by atomic mass is 10.2. The number of allylic oxidation sites excluding steroid dienone is 1. The molecule has 1 aliphatic rings. The summed E-state index contributed by atoms with van der Waals surface area (Å²) < 4.78 is 0. The van der Waals surface area contributed by atoms with Gasteiger partial charge in [-0.05, 0) is 12.8 Å². The van der Waals surface area contributed by atoms with Crippen molar-refractivity contribution in [2.24, 2.45) is 0 Å². The summed E-state index contributed by atoms with van der Waals surface area (Å²) in [7, 11) is 1.63. The quantitative estimate of drug-likeness (QED) is 0.555. The number of β-amino-alcohol motifs (C(OH)–C–C–N with tert-alkyl or cyclic N) is 1. The average Bonchev–Trinajstić information content (AvgIpc) is 2.70. The highest BCUT2D eigenvalue weighted by molar-refractivity contribution is 5.83. The number of likely N-dealkylation sites (tertiary alicyclic amines) is 1. The largest absolute Gasteiger partial charge is 0.480 e. The summed E-state index contributed by atoms with van der Waals surface area (Å²) in [5, 5.41) is 18.5. The molecule has 18 heavy (non-hydrogen) atoms. The van der Waals surface area contributed by atoms with Crippen molar-refractivity contribution >= 4 is 12.0 Å². The molecule has 0 saturated carbocycles. The Hall–Kier alpha value is -1.56. The molecule has 1 rings (SSSR count). The van der Waals surface area contributed by atoms with Crippen molar-refractivity contribution in [1.82, 2.24) is 9.80 Å². The number of urea groups is 1. The van der Waals surface area contributed by atoms with Crippen molar-refractivity contribution in [3.8, 4) is 0 Å². The van der Waals surface area contributed by atoms with Crippen molar-refractivity contribution in [2.45, 2.75) is 31.4 Å². The smallest absolute Gasteiger partial charge is 0.326 e. The lowest BCUT2D eigenvalue weighted by molar-refractivity contribution is -0.141. The number of carbonyl (C=O) groups excluding carboxylic acids is 1. The zero-order chi connectivity index (χ0) is 13.7. The number of hydrogen-bond donors (Lipinski definition) is 2. The van der Waals surface area contributed by atoms with Gasteiger partial charge in [0.2, 0.25) is 0 Å². The highest BCUT2D eigenvalue weighted by Gasteiger charge is 2.39. The minimum Gasteiger partial charge on any atom is -0.480 e. The van der Waals surface area contributed by atoms with Gasteiger partial charge in [0, 0.05) is 26.6 Å². The van der Waals surface area contributed by atoms with Gasteiger partial charge in [-0.3, -0.25) is 0 Å². The number of hydrogen-bond acceptors (Lipinski definition) is 3. The number of aliphatic carboxylic acids is 1. The van der Waals surface area contributed by atoms with E-state index in [1.807, 2.05) is 0 Å². The molecule has 0 aromatic heterocycles. The van der Waals surface area contributed by atoms with E-state index in [9.17, 15) is 14.7 Å². The predicted molar refractivity (Wildman–Crippen MR) is 66.2 cm³/mol. The highest BCUT2D eigenvalue weighted by atomic mass is 16.4. The fraction of sp³-hybridized carbons (Fsp3) is 0.667. The van der Waals surface area contributed by atoms with Crippen LogP contribution in [-0.2, 0) is 4.79 Å². The van der Waals surface area contributed by atoms with Gasteiger partial charge in [-0.2, -0.15) is 0 Å². The van der Waals surface area contributed by atoms with Crippen molar-refractivity contribution in [3.63, 3.8) is 0 Å². The Morgan fingerprint density at radius 3 is 2.78 bits per heavy atom. The van der Waals surface area contributed by atoms with Gasteiger partial charge in [0.15, 0.2) is 0 Å². The summed E-state index contributed by atoms with van der Waals surface area (Å²) in [4.78, 5) is 25.8. The molecule has 0 aromatic rings. The molecule has 0 spiro atoms. The number of amides is 2. The number of carboxylic acids is 1. The van der Waals surface area contributed by atoms with Gasteiger partial charge in [-0.25, -0.2) is 9.59 Å². The van der Waals surface area contributed by atoms with E-state index in [1.54, 1.807) is 13.1 Å². The minimum atomic E-state index is -1.07. The normalized spacial score (nSPS) is 22.9. The average molecular weight is 256 g/mol. The maximum Gasteiger partial charge on any atom is 0.326 e. The first-order chi connectivity index (χ1) is 8.47. The third kappa shape index (κ3) is 3.46. The van der Waals surface area contributed by atoms with Crippen LogP contribution in [0.3, 0.4) is 0 Å². The minimum absolute atomic E-state index is 0.0849. The van der Waals surface area contributed by atoms with Crippen LogP contribution in [0, 0.1) is 0 Å². The van der Waals surface area contributed by atoms with Crippen LogP contribution in [-0.4, -0.2) is 64.3 Å². The molecule has 102 valence electrons. The van der Waals surface area contributed by atoms with Crippen LogP contribution < -0.4 is 0 Å². The summed E-state index contributed by atoms with van der Waals surface area (Å²) in [5.74, 6) is -1.07. The number of unbranched alkanes of at least 4 members (excludes halogenated alkanes) is 1. The summed E-state index contributed by atoms with van der Waals surface area (Å²) in [6.07, 6.45) is 2.72. The van der Waals surface area contributed by atoms with Crippen molar-refractivity contribution in [2.75, 3.05) is 20.1 Å². The molecule has 2 N–H and O–H groups in total. The second kappa shape index (κ2) is 6.39. The number of nitrogens with zero attached hydrogens (tertiary/aromatic N) is 2. The van der Waals surface area contributed by atoms with Crippen LogP contribution in [0.1, 0.15) is 19.3 Å². The number of aliphatic hydroxyl groups is 1. The molecule has 0 aliphatic carbocycles. The van der Waals surface area contributed by atoms with Gasteiger partial charge in [-0.1, -0.05) is 6.08 Å². The van der Waals surface area contributed by atoms with Crippen molar-refractivity contribution < 1.29 is 19.8 Å². The topological polar surface area (TPSA) is 81.1 Å². The van der Waals surface area contributed by atoms with E-state index in [0.717, 1.165) is 12.8 Å². The SMILES string of the molecule is C=CCCCN(C)C(=O)N1CC(O)C[C@H]1C(=O)O. The Morgan fingerprint density at radius 2 is 2.22 bits per heavy atom. The number of aliphatic hydroxyl groups excluding tert-OH is 1. The first-order valence-corrected chi connectivity index (χ1v) is 6.01. The molecule has 1 saturated heterocycles. The van der Waals surface area contributed by atoms with E-state index in [1.165, 1.54) is 9.80 Å². The fourth-order valence-corrected chi connectivity index (χ4v) is 2.05. The van der Waals surface area contributed by atoms with E-state index < -0.39 is 18.1 Å². The van der Waals surface area contributed by atoms with Crippen LogP contribution in [0.4, 0.5) is 4.79 Å². The summed E-state index contributed by atoms with van der Waals surface area (Å²) in [6, 6.07) is -1.27. The Kier molecular flexibility index (Phi) is 5.15. The van der Waals surface area contributed by atoms with Crippen LogP contribution in [0.5, 0.6) is 0 Å². The molecule has 1 fully saturated rings. The molecule has 0 bridgehead atoms. The van der Waals surface area contributed by atoms with Crippen molar-refractivity contribution in [3.05, 3.63) is 12.7 Å². The molecular weight excluding hydrogens is 236 g/mol. The van der Waals surface area contributed by atoms with Crippen LogP contribution in [0.2, 0.25) is 0 Å². The second-order valence-electron chi connectivity index (χ2n) is 4.53. The molecule has 6 heteroatoms. The zero-order valence-corrected chi connectivity index (χ0v) is 10.6.